The highest BCUT2D eigenvalue weighted by Gasteiger charge is 2.34. The zero-order valence-electron chi connectivity index (χ0n) is 11.9. The molecule has 1 aromatic heterocycles. The Kier molecular flexibility index (Phi) is 4.40. The van der Waals surface area contributed by atoms with Gasteiger partial charge in [-0.05, 0) is 26.7 Å². The van der Waals surface area contributed by atoms with Crippen molar-refractivity contribution in [2.45, 2.75) is 56.6 Å². The summed E-state index contributed by atoms with van der Waals surface area (Å²) in [5.41, 5.74) is -0.356. The molecule has 1 aliphatic carbocycles. The topological polar surface area (TPSA) is 117 Å². The van der Waals surface area contributed by atoms with Crippen LogP contribution >= 0.6 is 0 Å². The minimum atomic E-state index is -4.06. The van der Waals surface area contributed by atoms with Crippen LogP contribution in [0.2, 0.25) is 0 Å². The molecule has 0 radical (unpaired) electrons. The molecule has 2 atom stereocenters. The lowest BCUT2D eigenvalue weighted by atomic mass is 9.93. The Morgan fingerprint density at radius 2 is 1.86 bits per heavy atom. The normalized spacial score (nSPS) is 23.2. The van der Waals surface area contributed by atoms with Crippen molar-refractivity contribution in [1.82, 2.24) is 4.72 Å². The molecule has 1 aliphatic rings. The van der Waals surface area contributed by atoms with Crippen molar-refractivity contribution in [3.8, 4) is 0 Å². The summed E-state index contributed by atoms with van der Waals surface area (Å²) in [5.74, 6) is -1.28. The summed E-state index contributed by atoms with van der Waals surface area (Å²) in [5, 5.41) is 19.0. The zero-order chi connectivity index (χ0) is 15.8. The third kappa shape index (κ3) is 3.12. The van der Waals surface area contributed by atoms with Gasteiger partial charge in [0.1, 0.15) is 22.0 Å². The molecule has 7 nitrogen and oxygen atoms in total. The standard InChI is InChI=1S/C13H19NO6S/c1-7-11(13(16)17)12(8(2)20-7)21(18,19)14-9-5-3-4-6-10(9)15/h9-10,14-15H,3-6H2,1-2H3,(H,16,17)/t9-,10-/m0/s1. The molecule has 1 saturated carbocycles. The van der Waals surface area contributed by atoms with Crippen molar-refractivity contribution in [3.63, 3.8) is 0 Å². The first-order chi connectivity index (χ1) is 9.74. The van der Waals surface area contributed by atoms with Crippen LogP contribution in [-0.2, 0) is 10.0 Å². The number of carboxylic acids is 1. The summed E-state index contributed by atoms with van der Waals surface area (Å²) >= 11 is 0. The molecule has 0 aromatic carbocycles. The fourth-order valence-electron chi connectivity index (χ4n) is 2.74. The van der Waals surface area contributed by atoms with Gasteiger partial charge in [0.2, 0.25) is 10.0 Å². The van der Waals surface area contributed by atoms with Crippen LogP contribution in [0.1, 0.15) is 47.6 Å². The van der Waals surface area contributed by atoms with E-state index >= 15 is 0 Å². The molecular weight excluding hydrogens is 298 g/mol. The first kappa shape index (κ1) is 16.0. The Labute approximate surface area is 123 Å². The second kappa shape index (κ2) is 5.78. The molecular formula is C13H19NO6S. The fraction of sp³-hybridized carbons (Fsp3) is 0.615. The average molecular weight is 317 g/mol. The number of hydrogen-bond acceptors (Lipinski definition) is 5. The lowest BCUT2D eigenvalue weighted by Gasteiger charge is -2.28. The first-order valence-corrected chi connectivity index (χ1v) is 8.26. The molecule has 0 aliphatic heterocycles. The Hall–Kier alpha value is -1.38. The number of aromatic carboxylic acids is 1. The van der Waals surface area contributed by atoms with Gasteiger partial charge in [-0.1, -0.05) is 12.8 Å². The van der Waals surface area contributed by atoms with Crippen molar-refractivity contribution in [3.05, 3.63) is 17.1 Å². The molecule has 1 heterocycles. The van der Waals surface area contributed by atoms with E-state index in [9.17, 15) is 23.4 Å². The van der Waals surface area contributed by atoms with E-state index in [-0.39, 0.29) is 22.0 Å². The molecule has 0 bridgehead atoms. The third-order valence-electron chi connectivity index (χ3n) is 3.72. The van der Waals surface area contributed by atoms with Crippen molar-refractivity contribution < 1.29 is 27.8 Å². The minimum absolute atomic E-state index is 0.0303. The Bertz CT molecular complexity index is 648. The highest BCUT2D eigenvalue weighted by atomic mass is 32.2. The van der Waals surface area contributed by atoms with Gasteiger partial charge in [-0.2, -0.15) is 0 Å². The van der Waals surface area contributed by atoms with Crippen LogP contribution < -0.4 is 4.72 Å². The number of aryl methyl sites for hydroxylation is 2. The number of hydrogen-bond donors (Lipinski definition) is 3. The maximum absolute atomic E-state index is 12.5. The van der Waals surface area contributed by atoms with Crippen LogP contribution in [0.5, 0.6) is 0 Å². The predicted octanol–water partition coefficient (Wildman–Crippen LogP) is 1.18. The Morgan fingerprint density at radius 3 is 2.43 bits per heavy atom. The summed E-state index contributed by atoms with van der Waals surface area (Å²) in [4.78, 5) is 10.9. The number of sulfonamides is 1. The van der Waals surface area contributed by atoms with Crippen LogP contribution in [0.15, 0.2) is 9.31 Å². The maximum atomic E-state index is 12.5. The van der Waals surface area contributed by atoms with Gasteiger partial charge < -0.3 is 14.6 Å². The number of rotatable bonds is 4. The van der Waals surface area contributed by atoms with Crippen LogP contribution in [0.4, 0.5) is 0 Å². The van der Waals surface area contributed by atoms with Crippen LogP contribution in [0.3, 0.4) is 0 Å². The van der Waals surface area contributed by atoms with E-state index in [0.29, 0.717) is 12.8 Å². The van der Waals surface area contributed by atoms with E-state index in [4.69, 9.17) is 4.42 Å². The molecule has 0 unspecified atom stereocenters. The molecule has 0 saturated heterocycles. The predicted molar refractivity (Wildman–Crippen MR) is 73.7 cm³/mol. The van der Waals surface area contributed by atoms with Crippen molar-refractivity contribution in [2.75, 3.05) is 0 Å². The summed E-state index contributed by atoms with van der Waals surface area (Å²) < 4.78 is 32.5. The number of nitrogens with one attached hydrogen (secondary N) is 1. The van der Waals surface area contributed by atoms with E-state index in [1.165, 1.54) is 13.8 Å². The zero-order valence-corrected chi connectivity index (χ0v) is 12.7. The van der Waals surface area contributed by atoms with Crippen molar-refractivity contribution >= 4 is 16.0 Å². The van der Waals surface area contributed by atoms with E-state index in [2.05, 4.69) is 4.72 Å². The summed E-state index contributed by atoms with van der Waals surface area (Å²) in [6.07, 6.45) is 1.97. The van der Waals surface area contributed by atoms with Gasteiger partial charge >= 0.3 is 5.97 Å². The fourth-order valence-corrected chi connectivity index (χ4v) is 4.45. The van der Waals surface area contributed by atoms with Gasteiger partial charge in [-0.3, -0.25) is 0 Å². The lowest BCUT2D eigenvalue weighted by Crippen LogP contribution is -2.45. The van der Waals surface area contributed by atoms with Gasteiger partial charge in [-0.25, -0.2) is 17.9 Å². The van der Waals surface area contributed by atoms with E-state index in [1.54, 1.807) is 0 Å². The second-order valence-electron chi connectivity index (χ2n) is 5.30. The van der Waals surface area contributed by atoms with Gasteiger partial charge in [0.25, 0.3) is 0 Å². The third-order valence-corrected chi connectivity index (χ3v) is 5.37. The molecule has 118 valence electrons. The molecule has 0 spiro atoms. The van der Waals surface area contributed by atoms with Gasteiger partial charge in [-0.15, -0.1) is 0 Å². The molecule has 21 heavy (non-hydrogen) atoms. The summed E-state index contributed by atoms with van der Waals surface area (Å²) in [6, 6.07) is -0.597. The van der Waals surface area contributed by atoms with Crippen molar-refractivity contribution in [1.29, 1.82) is 0 Å². The van der Waals surface area contributed by atoms with Gasteiger partial charge in [0, 0.05) is 6.04 Å². The Balaban J connectivity index is 2.38. The number of furan rings is 1. The number of aliphatic hydroxyl groups excluding tert-OH is 1. The second-order valence-corrected chi connectivity index (χ2v) is 6.95. The van der Waals surface area contributed by atoms with E-state index in [0.717, 1.165) is 12.8 Å². The van der Waals surface area contributed by atoms with Crippen molar-refractivity contribution in [2.24, 2.45) is 0 Å². The number of carboxylic acid groups (broad SMARTS) is 1. The van der Waals surface area contributed by atoms with Crippen LogP contribution in [0.25, 0.3) is 0 Å². The molecule has 3 N–H and O–H groups in total. The van der Waals surface area contributed by atoms with Crippen LogP contribution in [-0.4, -0.2) is 36.7 Å². The minimum Gasteiger partial charge on any atom is -0.478 e. The summed E-state index contributed by atoms with van der Waals surface area (Å²) in [7, 11) is -4.06. The maximum Gasteiger partial charge on any atom is 0.340 e. The molecule has 1 aromatic rings. The highest BCUT2D eigenvalue weighted by molar-refractivity contribution is 7.89. The highest BCUT2D eigenvalue weighted by Crippen LogP contribution is 2.28. The molecule has 1 fully saturated rings. The Morgan fingerprint density at radius 1 is 1.24 bits per heavy atom. The lowest BCUT2D eigenvalue weighted by molar-refractivity contribution is 0.0691. The van der Waals surface area contributed by atoms with Crippen LogP contribution in [0, 0.1) is 13.8 Å². The smallest absolute Gasteiger partial charge is 0.340 e. The first-order valence-electron chi connectivity index (χ1n) is 6.77. The number of carbonyl (C=O) groups is 1. The summed E-state index contributed by atoms with van der Waals surface area (Å²) in [6.45, 7) is 2.82. The van der Waals surface area contributed by atoms with Gasteiger partial charge in [0.15, 0.2) is 0 Å². The molecule has 2 rings (SSSR count). The molecule has 8 heteroatoms. The monoisotopic (exact) mass is 317 g/mol. The number of aliphatic hydroxyl groups is 1. The van der Waals surface area contributed by atoms with Gasteiger partial charge in [0.05, 0.1) is 6.10 Å². The average Bonchev–Trinajstić information content (AvgIpc) is 2.67. The quantitative estimate of drug-likeness (QED) is 0.767. The SMILES string of the molecule is Cc1oc(C)c(S(=O)(=O)N[C@H]2CCCC[C@@H]2O)c1C(=O)O. The largest absolute Gasteiger partial charge is 0.478 e. The van der Waals surface area contributed by atoms with E-state index < -0.39 is 28.1 Å². The van der Waals surface area contributed by atoms with E-state index in [1.807, 2.05) is 0 Å². The molecule has 0 amide bonds.